The first-order valence-corrected chi connectivity index (χ1v) is 4.72. The molecule has 0 fully saturated rings. The molecule has 0 aliphatic carbocycles. The van der Waals surface area contributed by atoms with E-state index in [0.29, 0.717) is 12.3 Å². The Morgan fingerprint density at radius 1 is 1.43 bits per heavy atom. The highest BCUT2D eigenvalue weighted by Crippen LogP contribution is 2.25. The molecule has 2 N–H and O–H groups in total. The Kier molecular flexibility index (Phi) is 3.57. The van der Waals surface area contributed by atoms with E-state index in [0.717, 1.165) is 11.3 Å². The molecule has 0 aliphatic heterocycles. The third kappa shape index (κ3) is 2.80. The molecule has 1 aromatic carbocycles. The lowest BCUT2D eigenvalue weighted by molar-refractivity contribution is 0.361. The van der Waals surface area contributed by atoms with Crippen LogP contribution in [0, 0.1) is 6.92 Å². The Labute approximate surface area is 85.4 Å². The number of nitrogen functional groups attached to an aromatic ring is 1. The standard InChI is InChI=1S/C12H17NO/c1-9(2)7-8-14-12-10(3)5-4-6-11(12)13/h4-7H,8,13H2,1-3H3. The van der Waals surface area contributed by atoms with Crippen LogP contribution in [0.4, 0.5) is 5.69 Å². The number of benzene rings is 1. The van der Waals surface area contributed by atoms with Crippen LogP contribution in [0.15, 0.2) is 29.8 Å². The average Bonchev–Trinajstić information content (AvgIpc) is 2.09. The molecule has 14 heavy (non-hydrogen) atoms. The second-order valence-corrected chi connectivity index (χ2v) is 3.59. The van der Waals surface area contributed by atoms with Crippen molar-refractivity contribution in [2.24, 2.45) is 0 Å². The molecule has 0 heterocycles. The Balaban J connectivity index is 2.71. The largest absolute Gasteiger partial charge is 0.487 e. The zero-order chi connectivity index (χ0) is 10.6. The predicted molar refractivity (Wildman–Crippen MR) is 60.5 cm³/mol. The average molecular weight is 191 g/mol. The second kappa shape index (κ2) is 4.70. The van der Waals surface area contributed by atoms with E-state index in [1.807, 2.05) is 45.0 Å². The van der Waals surface area contributed by atoms with Crippen molar-refractivity contribution in [1.82, 2.24) is 0 Å². The van der Waals surface area contributed by atoms with Crippen LogP contribution in [0.2, 0.25) is 0 Å². The van der Waals surface area contributed by atoms with E-state index >= 15 is 0 Å². The summed E-state index contributed by atoms with van der Waals surface area (Å²) in [5.74, 6) is 0.796. The molecule has 2 heteroatoms. The van der Waals surface area contributed by atoms with Crippen LogP contribution >= 0.6 is 0 Å². The van der Waals surface area contributed by atoms with Gasteiger partial charge in [-0.15, -0.1) is 0 Å². The highest BCUT2D eigenvalue weighted by molar-refractivity contribution is 5.56. The van der Waals surface area contributed by atoms with E-state index in [1.54, 1.807) is 0 Å². The van der Waals surface area contributed by atoms with Gasteiger partial charge in [-0.05, 0) is 38.5 Å². The first-order valence-electron chi connectivity index (χ1n) is 4.72. The third-order valence-electron chi connectivity index (χ3n) is 1.96. The smallest absolute Gasteiger partial charge is 0.145 e. The van der Waals surface area contributed by atoms with Gasteiger partial charge in [0.25, 0.3) is 0 Å². The minimum absolute atomic E-state index is 0.581. The van der Waals surface area contributed by atoms with Crippen LogP contribution in [0.25, 0.3) is 0 Å². The van der Waals surface area contributed by atoms with E-state index in [9.17, 15) is 0 Å². The molecule has 0 saturated carbocycles. The molecule has 0 bridgehead atoms. The van der Waals surface area contributed by atoms with E-state index in [4.69, 9.17) is 10.5 Å². The van der Waals surface area contributed by atoms with Gasteiger partial charge in [-0.3, -0.25) is 0 Å². The quantitative estimate of drug-likeness (QED) is 0.589. The van der Waals surface area contributed by atoms with Gasteiger partial charge in [0.2, 0.25) is 0 Å². The van der Waals surface area contributed by atoms with Crippen molar-refractivity contribution in [3.63, 3.8) is 0 Å². The number of hydrogen-bond acceptors (Lipinski definition) is 2. The number of ether oxygens (including phenoxy) is 1. The fourth-order valence-corrected chi connectivity index (χ4v) is 1.16. The van der Waals surface area contributed by atoms with Crippen molar-refractivity contribution in [3.05, 3.63) is 35.4 Å². The molecule has 0 spiro atoms. The van der Waals surface area contributed by atoms with Crippen molar-refractivity contribution in [3.8, 4) is 5.75 Å². The number of allylic oxidation sites excluding steroid dienone is 1. The first kappa shape index (κ1) is 10.6. The number of rotatable bonds is 3. The normalized spacial score (nSPS) is 9.64. The third-order valence-corrected chi connectivity index (χ3v) is 1.96. The maximum absolute atomic E-state index is 5.79. The number of anilines is 1. The Morgan fingerprint density at radius 3 is 2.71 bits per heavy atom. The molecule has 0 amide bonds. The minimum atomic E-state index is 0.581. The molecular formula is C12H17NO. The lowest BCUT2D eigenvalue weighted by Crippen LogP contribution is -2.00. The zero-order valence-corrected chi connectivity index (χ0v) is 9.00. The summed E-state index contributed by atoms with van der Waals surface area (Å²) in [6.45, 7) is 6.67. The van der Waals surface area contributed by atoms with Crippen LogP contribution in [0.3, 0.4) is 0 Å². The molecule has 0 saturated heterocycles. The molecule has 0 aliphatic rings. The predicted octanol–water partition coefficient (Wildman–Crippen LogP) is 2.92. The summed E-state index contributed by atoms with van der Waals surface area (Å²) < 4.78 is 5.58. The molecule has 1 rings (SSSR count). The second-order valence-electron chi connectivity index (χ2n) is 3.59. The van der Waals surface area contributed by atoms with Gasteiger partial charge in [-0.2, -0.15) is 0 Å². The van der Waals surface area contributed by atoms with Crippen LogP contribution in [0.5, 0.6) is 5.75 Å². The van der Waals surface area contributed by atoms with Crippen molar-refractivity contribution >= 4 is 5.69 Å². The SMILES string of the molecule is CC(C)=CCOc1c(C)cccc1N. The van der Waals surface area contributed by atoms with Gasteiger partial charge in [-0.25, -0.2) is 0 Å². The molecule has 0 radical (unpaired) electrons. The van der Waals surface area contributed by atoms with Crippen molar-refractivity contribution in [2.45, 2.75) is 20.8 Å². The number of hydrogen-bond donors (Lipinski definition) is 1. The van der Waals surface area contributed by atoms with E-state index in [1.165, 1.54) is 5.57 Å². The fourth-order valence-electron chi connectivity index (χ4n) is 1.16. The van der Waals surface area contributed by atoms with Crippen LogP contribution in [-0.2, 0) is 0 Å². The van der Waals surface area contributed by atoms with Gasteiger partial charge in [0.1, 0.15) is 12.4 Å². The summed E-state index contributed by atoms with van der Waals surface area (Å²) in [7, 11) is 0. The van der Waals surface area contributed by atoms with Crippen LogP contribution < -0.4 is 10.5 Å². The van der Waals surface area contributed by atoms with Gasteiger partial charge in [0.15, 0.2) is 0 Å². The van der Waals surface area contributed by atoms with Gasteiger partial charge in [0, 0.05) is 0 Å². The highest BCUT2D eigenvalue weighted by atomic mass is 16.5. The molecule has 0 aromatic heterocycles. The fraction of sp³-hybridized carbons (Fsp3) is 0.333. The van der Waals surface area contributed by atoms with E-state index in [2.05, 4.69) is 0 Å². The monoisotopic (exact) mass is 191 g/mol. The number of aryl methyl sites for hydroxylation is 1. The number of para-hydroxylation sites is 1. The molecule has 2 nitrogen and oxygen atoms in total. The maximum Gasteiger partial charge on any atom is 0.145 e. The molecule has 0 unspecified atom stereocenters. The minimum Gasteiger partial charge on any atom is -0.487 e. The van der Waals surface area contributed by atoms with Crippen molar-refractivity contribution in [2.75, 3.05) is 12.3 Å². The summed E-state index contributed by atoms with van der Waals surface area (Å²) in [5, 5.41) is 0. The van der Waals surface area contributed by atoms with Gasteiger partial charge in [-0.1, -0.05) is 17.7 Å². The summed E-state index contributed by atoms with van der Waals surface area (Å²) >= 11 is 0. The molecular weight excluding hydrogens is 174 g/mol. The number of nitrogens with two attached hydrogens (primary N) is 1. The Morgan fingerprint density at radius 2 is 2.14 bits per heavy atom. The van der Waals surface area contributed by atoms with E-state index in [-0.39, 0.29) is 0 Å². The van der Waals surface area contributed by atoms with E-state index < -0.39 is 0 Å². The van der Waals surface area contributed by atoms with Gasteiger partial charge >= 0.3 is 0 Å². The maximum atomic E-state index is 5.79. The molecule has 1 aromatic rings. The van der Waals surface area contributed by atoms with Crippen LogP contribution in [0.1, 0.15) is 19.4 Å². The Bertz CT molecular complexity index is 318. The first-order chi connectivity index (χ1) is 6.61. The Hall–Kier alpha value is -1.44. The van der Waals surface area contributed by atoms with Crippen molar-refractivity contribution < 1.29 is 4.74 Å². The topological polar surface area (TPSA) is 35.2 Å². The van der Waals surface area contributed by atoms with Crippen LogP contribution in [-0.4, -0.2) is 6.61 Å². The zero-order valence-electron chi connectivity index (χ0n) is 9.00. The van der Waals surface area contributed by atoms with Crippen molar-refractivity contribution in [1.29, 1.82) is 0 Å². The molecule has 76 valence electrons. The highest BCUT2D eigenvalue weighted by Gasteiger charge is 2.01. The summed E-state index contributed by atoms with van der Waals surface area (Å²) in [5.41, 5.74) is 8.82. The molecule has 0 atom stereocenters. The lowest BCUT2D eigenvalue weighted by Gasteiger charge is -2.09. The lowest BCUT2D eigenvalue weighted by atomic mass is 10.2. The van der Waals surface area contributed by atoms with Gasteiger partial charge in [0.05, 0.1) is 5.69 Å². The summed E-state index contributed by atoms with van der Waals surface area (Å²) in [4.78, 5) is 0. The van der Waals surface area contributed by atoms with Gasteiger partial charge < -0.3 is 10.5 Å². The summed E-state index contributed by atoms with van der Waals surface area (Å²) in [6.07, 6.45) is 2.03. The summed E-state index contributed by atoms with van der Waals surface area (Å²) in [6, 6.07) is 5.78.